The first kappa shape index (κ1) is 33.7. The van der Waals surface area contributed by atoms with E-state index in [4.69, 9.17) is 29.5 Å². The van der Waals surface area contributed by atoms with Gasteiger partial charge in [0.2, 0.25) is 5.72 Å². The third-order valence-corrected chi connectivity index (χ3v) is 10.4. The largest absolute Gasteiger partial charge is 0.490 e. The first-order valence-electron chi connectivity index (χ1n) is 17.1. The van der Waals surface area contributed by atoms with Crippen LogP contribution >= 0.6 is 0 Å². The number of nitrogens with one attached hydrogen (secondary N) is 1. The number of carboxylic acid groups (broad SMARTS) is 1. The second-order valence-electron chi connectivity index (χ2n) is 13.9. The van der Waals surface area contributed by atoms with Gasteiger partial charge in [-0.1, -0.05) is 56.3 Å². The predicted octanol–water partition coefficient (Wildman–Crippen LogP) is 7.10. The summed E-state index contributed by atoms with van der Waals surface area (Å²) < 4.78 is 25.0. The molecule has 0 amide bonds. The summed E-state index contributed by atoms with van der Waals surface area (Å²) in [4.78, 5) is 36.5. The molecule has 6 aromatic rings. The molecule has 53 heavy (non-hydrogen) atoms. The molecule has 3 heterocycles. The molecule has 0 saturated carbocycles. The molecule has 3 atom stereocenters. The Morgan fingerprint density at radius 1 is 0.943 bits per heavy atom. The number of hydrogen-bond donors (Lipinski definition) is 3. The van der Waals surface area contributed by atoms with Crippen LogP contribution in [0.25, 0.3) is 21.7 Å². The minimum atomic E-state index is -1.28. The van der Waals surface area contributed by atoms with Crippen LogP contribution in [0.4, 0.5) is 11.4 Å². The standard InChI is InChI=1S/C41H35N3O9/c1-40(2)36-30-22-27(51-19-18-50-26-14-10-23(11-15-26)20-32(42)38(45)46)16-17-33(30)43-41(40,31-8-5-6-24-12-13-25(44(48)49)21-29(24)31)53-37-28-7-3-4-9-34(28)52-39(47)35(36)37/h3-17,21-22,32,36,43H,18-20,42H2,1-2H3,(H,45,46)/t32-,36+,41?/m0/s1. The van der Waals surface area contributed by atoms with Crippen molar-refractivity contribution in [2.75, 3.05) is 18.5 Å². The molecule has 8 rings (SSSR count). The third-order valence-electron chi connectivity index (χ3n) is 10.4. The van der Waals surface area contributed by atoms with Crippen LogP contribution in [-0.2, 0) is 16.9 Å². The van der Waals surface area contributed by atoms with Gasteiger partial charge in [0.25, 0.3) is 5.69 Å². The summed E-state index contributed by atoms with van der Waals surface area (Å²) in [6.45, 7) is 4.49. The third kappa shape index (κ3) is 5.58. The molecule has 1 aromatic heterocycles. The maximum Gasteiger partial charge on any atom is 0.343 e. The maximum absolute atomic E-state index is 14.0. The van der Waals surface area contributed by atoms with E-state index in [1.807, 2.05) is 62.4 Å². The van der Waals surface area contributed by atoms with Gasteiger partial charge in [0.05, 0.1) is 15.9 Å². The highest BCUT2D eigenvalue weighted by Crippen LogP contribution is 2.64. The van der Waals surface area contributed by atoms with Crippen molar-refractivity contribution in [3.8, 4) is 17.2 Å². The molecule has 12 heteroatoms. The average molecular weight is 714 g/mol. The minimum Gasteiger partial charge on any atom is -0.490 e. The Morgan fingerprint density at radius 3 is 2.43 bits per heavy atom. The molecule has 4 N–H and O–H groups in total. The number of nitrogens with two attached hydrogens (primary N) is 1. The van der Waals surface area contributed by atoms with Gasteiger partial charge in [0.15, 0.2) is 0 Å². The molecule has 1 unspecified atom stereocenters. The molecule has 5 aromatic carbocycles. The fraction of sp³-hybridized carbons (Fsp3) is 0.220. The molecule has 2 aliphatic heterocycles. The van der Waals surface area contributed by atoms with Crippen molar-refractivity contribution in [1.82, 2.24) is 0 Å². The lowest BCUT2D eigenvalue weighted by molar-refractivity contribution is -0.384. The number of fused-ring (bicyclic) bond motifs is 9. The van der Waals surface area contributed by atoms with E-state index in [9.17, 15) is 19.7 Å². The number of aliphatic carboxylic acids is 1. The molecule has 2 aliphatic rings. The van der Waals surface area contributed by atoms with Crippen molar-refractivity contribution in [3.63, 3.8) is 0 Å². The van der Waals surface area contributed by atoms with E-state index in [2.05, 4.69) is 5.32 Å². The van der Waals surface area contributed by atoms with Crippen molar-refractivity contribution in [2.45, 2.75) is 38.0 Å². The lowest BCUT2D eigenvalue weighted by Gasteiger charge is -2.58. The van der Waals surface area contributed by atoms with Crippen LogP contribution < -0.4 is 30.9 Å². The van der Waals surface area contributed by atoms with E-state index in [0.29, 0.717) is 50.4 Å². The number of non-ortho nitro benzene ring substituents is 1. The number of nitro benzene ring substituents is 1. The first-order valence-corrected chi connectivity index (χ1v) is 17.1. The zero-order chi connectivity index (χ0) is 37.1. The summed E-state index contributed by atoms with van der Waals surface area (Å²) in [5.74, 6) is -0.0540. The molecule has 2 bridgehead atoms. The number of ether oxygens (including phenoxy) is 3. The maximum atomic E-state index is 14.0. The Labute approximate surface area is 302 Å². The van der Waals surface area contributed by atoms with Crippen LogP contribution in [0, 0.1) is 15.5 Å². The SMILES string of the molecule is CC1(C)[C@@H]2c3cc(OCCOc4ccc(C[C@H](N)C(=O)O)cc4)ccc3NC1(c1cccc3ccc([N+](=O)[O-])cc13)Oc1c2c(=O)oc2ccccc12. The molecule has 0 spiro atoms. The number of rotatable bonds is 10. The number of anilines is 1. The van der Waals surface area contributed by atoms with E-state index in [1.165, 1.54) is 6.07 Å². The first-order chi connectivity index (χ1) is 25.5. The summed E-state index contributed by atoms with van der Waals surface area (Å²) in [6, 6.07) is 29.5. The topological polar surface area (TPSA) is 176 Å². The van der Waals surface area contributed by atoms with Crippen LogP contribution in [0.2, 0.25) is 0 Å². The van der Waals surface area contributed by atoms with Crippen LogP contribution in [0.15, 0.2) is 112 Å². The number of hydrogen-bond acceptors (Lipinski definition) is 10. The van der Waals surface area contributed by atoms with Gasteiger partial charge >= 0.3 is 11.6 Å². The van der Waals surface area contributed by atoms with Gasteiger partial charge in [0, 0.05) is 34.7 Å². The monoisotopic (exact) mass is 713 g/mol. The van der Waals surface area contributed by atoms with Gasteiger partial charge in [0.1, 0.15) is 42.1 Å². The summed E-state index contributed by atoms with van der Waals surface area (Å²) in [5.41, 5.74) is 6.69. The van der Waals surface area contributed by atoms with Crippen LogP contribution in [0.5, 0.6) is 17.2 Å². The number of nitro groups is 1. The Morgan fingerprint density at radius 2 is 1.68 bits per heavy atom. The summed E-state index contributed by atoms with van der Waals surface area (Å²) in [7, 11) is 0. The van der Waals surface area contributed by atoms with Gasteiger partial charge in [-0.15, -0.1) is 0 Å². The zero-order valence-electron chi connectivity index (χ0n) is 28.8. The Hall–Kier alpha value is -6.40. The van der Waals surface area contributed by atoms with Crippen molar-refractivity contribution in [2.24, 2.45) is 11.1 Å². The van der Waals surface area contributed by atoms with Gasteiger partial charge in [-0.3, -0.25) is 14.9 Å². The number of para-hydroxylation sites is 1. The van der Waals surface area contributed by atoms with Crippen molar-refractivity contribution >= 4 is 39.1 Å². The van der Waals surface area contributed by atoms with Crippen LogP contribution in [-0.4, -0.2) is 35.3 Å². The van der Waals surface area contributed by atoms with E-state index < -0.39 is 39.6 Å². The summed E-state index contributed by atoms with van der Waals surface area (Å²) in [6.07, 6.45) is 0.212. The van der Waals surface area contributed by atoms with Crippen LogP contribution in [0.3, 0.4) is 0 Å². The van der Waals surface area contributed by atoms with E-state index in [-0.39, 0.29) is 25.3 Å². The normalized spacial score (nSPS) is 18.6. The van der Waals surface area contributed by atoms with Gasteiger partial charge in [-0.25, -0.2) is 4.79 Å². The van der Waals surface area contributed by atoms with Gasteiger partial charge in [-0.2, -0.15) is 0 Å². The lowest BCUT2D eigenvalue weighted by atomic mass is 9.59. The summed E-state index contributed by atoms with van der Waals surface area (Å²) in [5, 5.41) is 26.8. The molecule has 0 radical (unpaired) electrons. The molecule has 0 fully saturated rings. The molecule has 0 aliphatic carbocycles. The molecular weight excluding hydrogens is 678 g/mol. The van der Waals surface area contributed by atoms with Gasteiger partial charge in [-0.05, 0) is 76.9 Å². The van der Waals surface area contributed by atoms with Crippen molar-refractivity contribution < 1.29 is 33.5 Å². The smallest absolute Gasteiger partial charge is 0.343 e. The van der Waals surface area contributed by atoms with Crippen molar-refractivity contribution in [3.05, 3.63) is 146 Å². The Bertz CT molecular complexity index is 2490. The molecule has 0 saturated heterocycles. The second kappa shape index (κ2) is 12.7. The molecule has 268 valence electrons. The fourth-order valence-electron chi connectivity index (χ4n) is 7.78. The Balaban J connectivity index is 1.17. The van der Waals surface area contributed by atoms with Crippen molar-refractivity contribution in [1.29, 1.82) is 0 Å². The van der Waals surface area contributed by atoms with Gasteiger partial charge < -0.3 is 34.8 Å². The number of carbonyl (C=O) groups is 1. The Kier molecular flexibility index (Phi) is 8.06. The predicted molar refractivity (Wildman–Crippen MR) is 198 cm³/mol. The molecule has 12 nitrogen and oxygen atoms in total. The number of benzene rings is 5. The van der Waals surface area contributed by atoms with E-state index in [0.717, 1.165) is 16.5 Å². The van der Waals surface area contributed by atoms with E-state index in [1.54, 1.807) is 48.5 Å². The highest BCUT2D eigenvalue weighted by Gasteiger charge is 2.62. The lowest BCUT2D eigenvalue weighted by Crippen LogP contribution is -2.61. The van der Waals surface area contributed by atoms with Crippen LogP contribution in [0.1, 0.15) is 42.0 Å². The zero-order valence-corrected chi connectivity index (χ0v) is 28.8. The second-order valence-corrected chi connectivity index (χ2v) is 13.9. The highest BCUT2D eigenvalue weighted by atomic mass is 16.6. The fourth-order valence-corrected chi connectivity index (χ4v) is 7.78. The van der Waals surface area contributed by atoms with E-state index >= 15 is 0 Å². The minimum absolute atomic E-state index is 0.0440. The quantitative estimate of drug-likeness (QED) is 0.0571. The number of carboxylic acids is 1. The average Bonchev–Trinajstić information content (AvgIpc) is 3.13. The highest BCUT2D eigenvalue weighted by molar-refractivity contribution is 5.91. The molecular formula is C41H35N3O9. The number of nitrogens with zero attached hydrogens (tertiary/aromatic N) is 1. The summed E-state index contributed by atoms with van der Waals surface area (Å²) >= 11 is 0.